The largest absolute Gasteiger partial charge is 0.462 e. The number of likely N-dealkylation sites (tertiary alicyclic amines) is 1. The maximum absolute atomic E-state index is 13.7. The number of amides is 2. The standard InChI is InChI=1S/C25H28F3N9O3/c26-25(27,28)21-19(14-32-34-22(21)38)37-7-1-2-17(37)15-40-24-30-6-5-18(33-24)23(39)36-10-8-35(9-11-36)20-4-3-16(12-29)13-31-20/h3-6,13,17,19,21,32H,1-2,7-11,14-15H2,(H,34,38)/t17-,19?,21?/m0/s1. The lowest BCUT2D eigenvalue weighted by Gasteiger charge is -2.40. The Morgan fingerprint density at radius 3 is 2.65 bits per heavy atom. The maximum Gasteiger partial charge on any atom is 0.402 e. The van der Waals surface area contributed by atoms with Crippen molar-refractivity contribution in [3.8, 4) is 12.1 Å². The van der Waals surface area contributed by atoms with E-state index in [1.165, 1.54) is 18.5 Å². The highest BCUT2D eigenvalue weighted by molar-refractivity contribution is 5.92. The van der Waals surface area contributed by atoms with Crippen LogP contribution in [0.5, 0.6) is 6.01 Å². The molecule has 3 aliphatic rings. The van der Waals surface area contributed by atoms with Gasteiger partial charge in [0.2, 0.25) is 5.91 Å². The molecule has 3 atom stereocenters. The van der Waals surface area contributed by atoms with Gasteiger partial charge in [-0.1, -0.05) is 0 Å². The number of rotatable bonds is 6. The average Bonchev–Trinajstić information content (AvgIpc) is 3.44. The van der Waals surface area contributed by atoms with Gasteiger partial charge in [0.15, 0.2) is 5.92 Å². The minimum atomic E-state index is -4.67. The minimum absolute atomic E-state index is 0.0244. The van der Waals surface area contributed by atoms with Crippen molar-refractivity contribution in [2.24, 2.45) is 5.92 Å². The zero-order valence-electron chi connectivity index (χ0n) is 21.5. The third-order valence-electron chi connectivity index (χ3n) is 7.42. The van der Waals surface area contributed by atoms with E-state index in [0.29, 0.717) is 51.1 Å². The Morgan fingerprint density at radius 2 is 1.95 bits per heavy atom. The number of nitriles is 1. The molecule has 0 bridgehead atoms. The number of pyridine rings is 1. The number of alkyl halides is 3. The third-order valence-corrected chi connectivity index (χ3v) is 7.42. The molecule has 2 amide bonds. The summed E-state index contributed by atoms with van der Waals surface area (Å²) in [7, 11) is 0. The van der Waals surface area contributed by atoms with Crippen LogP contribution >= 0.6 is 0 Å². The summed E-state index contributed by atoms with van der Waals surface area (Å²) in [6.45, 7) is 2.40. The zero-order valence-corrected chi connectivity index (χ0v) is 21.5. The lowest BCUT2D eigenvalue weighted by molar-refractivity contribution is -0.201. The van der Waals surface area contributed by atoms with E-state index in [-0.39, 0.29) is 36.8 Å². The smallest absolute Gasteiger partial charge is 0.402 e. The van der Waals surface area contributed by atoms with Crippen LogP contribution in [0.25, 0.3) is 0 Å². The maximum atomic E-state index is 13.7. The molecule has 2 aromatic heterocycles. The molecule has 3 aliphatic heterocycles. The van der Waals surface area contributed by atoms with E-state index >= 15 is 0 Å². The monoisotopic (exact) mass is 559 g/mol. The van der Waals surface area contributed by atoms with Gasteiger partial charge in [0.1, 0.15) is 24.2 Å². The van der Waals surface area contributed by atoms with Crippen LogP contribution < -0.4 is 20.5 Å². The molecule has 12 nitrogen and oxygen atoms in total. The average molecular weight is 560 g/mol. The molecule has 0 aliphatic carbocycles. The fourth-order valence-corrected chi connectivity index (χ4v) is 5.40. The fourth-order valence-electron chi connectivity index (χ4n) is 5.40. The van der Waals surface area contributed by atoms with Crippen molar-refractivity contribution in [2.45, 2.75) is 31.1 Å². The molecule has 3 saturated heterocycles. The number of aromatic nitrogens is 3. The summed E-state index contributed by atoms with van der Waals surface area (Å²) in [5, 5.41) is 8.94. The van der Waals surface area contributed by atoms with Gasteiger partial charge < -0.3 is 14.5 Å². The van der Waals surface area contributed by atoms with Gasteiger partial charge in [0.25, 0.3) is 5.91 Å². The third kappa shape index (κ3) is 5.92. The molecule has 5 heterocycles. The van der Waals surface area contributed by atoms with Crippen LogP contribution in [0.3, 0.4) is 0 Å². The molecule has 40 heavy (non-hydrogen) atoms. The summed E-state index contributed by atoms with van der Waals surface area (Å²) in [6.07, 6.45) is -0.488. The second-order valence-corrected chi connectivity index (χ2v) is 9.82. The first-order valence-electron chi connectivity index (χ1n) is 13.0. The number of anilines is 1. The number of carbonyl (C=O) groups excluding carboxylic acids is 2. The van der Waals surface area contributed by atoms with Gasteiger partial charge in [0, 0.05) is 57.2 Å². The molecule has 15 heteroatoms. The van der Waals surface area contributed by atoms with Gasteiger partial charge in [-0.3, -0.25) is 19.9 Å². The number of nitrogens with one attached hydrogen (secondary N) is 2. The molecular formula is C25H28F3N9O3. The molecule has 2 N–H and O–H groups in total. The Kier molecular flexibility index (Phi) is 7.99. The summed E-state index contributed by atoms with van der Waals surface area (Å²) < 4.78 is 46.7. The van der Waals surface area contributed by atoms with Crippen LogP contribution in [0.15, 0.2) is 30.6 Å². The number of halogens is 3. The Hall–Kier alpha value is -4.03. The lowest BCUT2D eigenvalue weighted by Crippen LogP contribution is -2.65. The second kappa shape index (κ2) is 11.6. The van der Waals surface area contributed by atoms with E-state index in [9.17, 15) is 22.8 Å². The zero-order chi connectivity index (χ0) is 28.3. The minimum Gasteiger partial charge on any atom is -0.462 e. The summed E-state index contributed by atoms with van der Waals surface area (Å²) in [6, 6.07) is 5.54. The molecule has 212 valence electrons. The molecule has 3 fully saturated rings. The summed E-state index contributed by atoms with van der Waals surface area (Å²) in [4.78, 5) is 43.1. The van der Waals surface area contributed by atoms with Gasteiger partial charge in [-0.25, -0.2) is 15.4 Å². The van der Waals surface area contributed by atoms with Gasteiger partial charge in [-0.05, 0) is 37.6 Å². The molecule has 0 radical (unpaired) electrons. The highest BCUT2D eigenvalue weighted by Crippen LogP contribution is 2.35. The highest BCUT2D eigenvalue weighted by atomic mass is 19.4. The highest BCUT2D eigenvalue weighted by Gasteiger charge is 2.54. The first-order chi connectivity index (χ1) is 19.2. The number of hydrogen-bond acceptors (Lipinski definition) is 10. The van der Waals surface area contributed by atoms with E-state index in [0.717, 1.165) is 5.82 Å². The fraction of sp³-hybridized carbons (Fsp3) is 0.520. The molecule has 0 aromatic carbocycles. The van der Waals surface area contributed by atoms with E-state index in [1.807, 2.05) is 11.0 Å². The van der Waals surface area contributed by atoms with E-state index in [4.69, 9.17) is 10.00 Å². The van der Waals surface area contributed by atoms with Crippen molar-refractivity contribution < 1.29 is 27.5 Å². The van der Waals surface area contributed by atoms with Gasteiger partial charge >= 0.3 is 12.2 Å². The Morgan fingerprint density at radius 1 is 1.15 bits per heavy atom. The summed E-state index contributed by atoms with van der Waals surface area (Å²) in [5.74, 6) is -2.79. The predicted octanol–water partition coefficient (Wildman–Crippen LogP) is 0.730. The lowest BCUT2D eigenvalue weighted by atomic mass is 9.94. The van der Waals surface area contributed by atoms with E-state index in [1.54, 1.807) is 21.9 Å². The number of piperazine rings is 1. The van der Waals surface area contributed by atoms with Crippen LogP contribution in [0.1, 0.15) is 28.9 Å². The van der Waals surface area contributed by atoms with Crippen molar-refractivity contribution in [1.82, 2.24) is 35.6 Å². The molecular weight excluding hydrogens is 531 g/mol. The quantitative estimate of drug-likeness (QED) is 0.521. The molecule has 5 rings (SSSR count). The van der Waals surface area contributed by atoms with E-state index < -0.39 is 24.0 Å². The van der Waals surface area contributed by atoms with Crippen molar-refractivity contribution in [2.75, 3.05) is 50.8 Å². The van der Waals surface area contributed by atoms with Crippen LogP contribution in [0.2, 0.25) is 0 Å². The Bertz CT molecular complexity index is 1260. The van der Waals surface area contributed by atoms with Crippen molar-refractivity contribution in [3.63, 3.8) is 0 Å². The topological polar surface area (TPSA) is 140 Å². The van der Waals surface area contributed by atoms with Gasteiger partial charge in [-0.15, -0.1) is 0 Å². The number of nitrogens with zero attached hydrogens (tertiary/aromatic N) is 7. The molecule has 2 aromatic rings. The SMILES string of the molecule is N#Cc1ccc(N2CCN(C(=O)c3ccnc(OC[C@@H]4CCCN4C4CNNC(=O)C4C(F)(F)F)n3)CC2)nc1. The van der Waals surface area contributed by atoms with E-state index in [2.05, 4.69) is 25.8 Å². The molecule has 2 unspecified atom stereocenters. The number of hydrazine groups is 1. The Labute approximate surface area is 228 Å². The number of hydrogen-bond donors (Lipinski definition) is 2. The number of ether oxygens (including phenoxy) is 1. The van der Waals surface area contributed by atoms with Gasteiger partial charge in [0.05, 0.1) is 5.56 Å². The van der Waals surface area contributed by atoms with Gasteiger partial charge in [-0.2, -0.15) is 23.4 Å². The van der Waals surface area contributed by atoms with Crippen LogP contribution in [-0.4, -0.2) is 101 Å². The van der Waals surface area contributed by atoms with Crippen molar-refractivity contribution in [1.29, 1.82) is 5.26 Å². The first kappa shape index (κ1) is 27.5. The first-order valence-corrected chi connectivity index (χ1v) is 13.0. The second-order valence-electron chi connectivity index (χ2n) is 9.82. The summed E-state index contributed by atoms with van der Waals surface area (Å²) >= 11 is 0. The number of carbonyl (C=O) groups is 2. The van der Waals surface area contributed by atoms with Crippen molar-refractivity contribution >= 4 is 17.6 Å². The summed E-state index contributed by atoms with van der Waals surface area (Å²) in [5.41, 5.74) is 5.27. The Balaban J connectivity index is 1.18. The van der Waals surface area contributed by atoms with Crippen LogP contribution in [-0.2, 0) is 4.79 Å². The normalized spacial score (nSPS) is 23.9. The van der Waals surface area contributed by atoms with Crippen LogP contribution in [0.4, 0.5) is 19.0 Å². The predicted molar refractivity (Wildman–Crippen MR) is 134 cm³/mol. The van der Waals surface area contributed by atoms with Crippen molar-refractivity contribution in [3.05, 3.63) is 41.9 Å². The molecule has 0 saturated carbocycles. The molecule has 0 spiro atoms. The van der Waals surface area contributed by atoms with Crippen LogP contribution in [0, 0.1) is 17.2 Å².